The standard InChI is InChI=1S/C12H11N3O/c1-8-3-4-9-10(7-8)14-11(5-6-13)15(2)12(9)16/h3-4,7H,5H2,1-2H3. The summed E-state index contributed by atoms with van der Waals surface area (Å²) in [4.78, 5) is 16.3. The molecule has 1 aromatic carbocycles. The van der Waals surface area contributed by atoms with Crippen molar-refractivity contribution in [2.45, 2.75) is 13.3 Å². The fraction of sp³-hybridized carbons (Fsp3) is 0.250. The summed E-state index contributed by atoms with van der Waals surface area (Å²) in [7, 11) is 1.64. The monoisotopic (exact) mass is 213 g/mol. The second-order valence-corrected chi connectivity index (χ2v) is 3.75. The first-order chi connectivity index (χ1) is 7.63. The molecule has 0 aliphatic rings. The van der Waals surface area contributed by atoms with Gasteiger partial charge in [-0.15, -0.1) is 0 Å². The van der Waals surface area contributed by atoms with Crippen molar-refractivity contribution >= 4 is 10.9 Å². The number of nitriles is 1. The molecule has 0 radical (unpaired) electrons. The van der Waals surface area contributed by atoms with Crippen molar-refractivity contribution in [2.75, 3.05) is 0 Å². The summed E-state index contributed by atoms with van der Waals surface area (Å²) in [6, 6.07) is 7.53. The number of hydrogen-bond donors (Lipinski definition) is 0. The van der Waals surface area contributed by atoms with Gasteiger partial charge in [0.15, 0.2) is 0 Å². The van der Waals surface area contributed by atoms with Gasteiger partial charge in [0.05, 0.1) is 23.4 Å². The molecular formula is C12H11N3O. The fourth-order valence-electron chi connectivity index (χ4n) is 1.66. The van der Waals surface area contributed by atoms with Gasteiger partial charge in [0.2, 0.25) is 0 Å². The maximum absolute atomic E-state index is 11.9. The minimum atomic E-state index is -0.102. The van der Waals surface area contributed by atoms with Crippen molar-refractivity contribution in [2.24, 2.45) is 7.05 Å². The van der Waals surface area contributed by atoms with Crippen LogP contribution in [0.15, 0.2) is 23.0 Å². The predicted octanol–water partition coefficient (Wildman–Crippen LogP) is 1.31. The number of aryl methyl sites for hydroxylation is 1. The van der Waals surface area contributed by atoms with Gasteiger partial charge in [0.1, 0.15) is 5.82 Å². The molecule has 0 saturated carbocycles. The Morgan fingerprint density at radius 2 is 2.25 bits per heavy atom. The molecule has 2 aromatic rings. The molecule has 0 atom stereocenters. The highest BCUT2D eigenvalue weighted by molar-refractivity contribution is 5.78. The molecule has 4 heteroatoms. The fourth-order valence-corrected chi connectivity index (χ4v) is 1.66. The van der Waals surface area contributed by atoms with E-state index in [1.807, 2.05) is 25.1 Å². The van der Waals surface area contributed by atoms with Gasteiger partial charge in [-0.1, -0.05) is 6.07 Å². The minimum absolute atomic E-state index is 0.102. The van der Waals surface area contributed by atoms with Crippen LogP contribution in [0.2, 0.25) is 0 Å². The highest BCUT2D eigenvalue weighted by Crippen LogP contribution is 2.10. The summed E-state index contributed by atoms with van der Waals surface area (Å²) in [5.41, 5.74) is 1.61. The van der Waals surface area contributed by atoms with E-state index >= 15 is 0 Å². The van der Waals surface area contributed by atoms with Gasteiger partial charge in [0.25, 0.3) is 5.56 Å². The lowest BCUT2D eigenvalue weighted by atomic mass is 10.1. The van der Waals surface area contributed by atoms with Crippen LogP contribution in [-0.4, -0.2) is 9.55 Å². The lowest BCUT2D eigenvalue weighted by Gasteiger charge is -2.06. The topological polar surface area (TPSA) is 58.7 Å². The molecular weight excluding hydrogens is 202 g/mol. The normalized spacial score (nSPS) is 10.3. The molecule has 0 fully saturated rings. The molecule has 0 unspecified atom stereocenters. The van der Waals surface area contributed by atoms with E-state index in [-0.39, 0.29) is 12.0 Å². The molecule has 0 bridgehead atoms. The van der Waals surface area contributed by atoms with Crippen molar-refractivity contribution in [3.05, 3.63) is 39.9 Å². The maximum Gasteiger partial charge on any atom is 0.261 e. The first kappa shape index (κ1) is 10.4. The van der Waals surface area contributed by atoms with Crippen molar-refractivity contribution in [3.63, 3.8) is 0 Å². The Balaban J connectivity index is 2.84. The van der Waals surface area contributed by atoms with Crippen LogP contribution in [0.1, 0.15) is 11.4 Å². The Morgan fingerprint density at radius 1 is 1.50 bits per heavy atom. The van der Waals surface area contributed by atoms with Crippen molar-refractivity contribution in [1.82, 2.24) is 9.55 Å². The molecule has 0 aliphatic carbocycles. The Kier molecular flexibility index (Phi) is 2.45. The molecule has 0 aliphatic heterocycles. The second kappa shape index (κ2) is 3.78. The summed E-state index contributed by atoms with van der Waals surface area (Å²) in [5.74, 6) is 0.505. The van der Waals surface area contributed by atoms with E-state index in [1.165, 1.54) is 4.57 Å². The predicted molar refractivity (Wildman–Crippen MR) is 61.0 cm³/mol. The zero-order chi connectivity index (χ0) is 11.7. The summed E-state index contributed by atoms with van der Waals surface area (Å²) in [6.45, 7) is 1.95. The molecule has 0 spiro atoms. The third-order valence-electron chi connectivity index (χ3n) is 2.56. The molecule has 4 nitrogen and oxygen atoms in total. The molecule has 0 N–H and O–H groups in total. The lowest BCUT2D eigenvalue weighted by Crippen LogP contribution is -2.22. The van der Waals surface area contributed by atoms with Gasteiger partial charge >= 0.3 is 0 Å². The Labute approximate surface area is 92.8 Å². The molecule has 2 rings (SSSR count). The smallest absolute Gasteiger partial charge is 0.261 e. The van der Waals surface area contributed by atoms with E-state index in [9.17, 15) is 4.79 Å². The Bertz CT molecular complexity index is 650. The van der Waals surface area contributed by atoms with Gasteiger partial charge in [-0.25, -0.2) is 4.98 Å². The van der Waals surface area contributed by atoms with E-state index in [2.05, 4.69) is 4.98 Å². The van der Waals surface area contributed by atoms with Crippen molar-refractivity contribution < 1.29 is 0 Å². The average molecular weight is 213 g/mol. The van der Waals surface area contributed by atoms with Gasteiger partial charge in [-0.05, 0) is 24.6 Å². The largest absolute Gasteiger partial charge is 0.298 e. The van der Waals surface area contributed by atoms with E-state index in [0.717, 1.165) is 5.56 Å². The Morgan fingerprint density at radius 3 is 2.94 bits per heavy atom. The van der Waals surface area contributed by atoms with E-state index in [0.29, 0.717) is 16.7 Å². The number of nitrogens with zero attached hydrogens (tertiary/aromatic N) is 3. The third-order valence-corrected chi connectivity index (χ3v) is 2.56. The van der Waals surface area contributed by atoms with E-state index in [4.69, 9.17) is 5.26 Å². The number of fused-ring (bicyclic) bond motifs is 1. The Hall–Kier alpha value is -2.15. The molecule has 80 valence electrons. The first-order valence-electron chi connectivity index (χ1n) is 4.96. The second-order valence-electron chi connectivity index (χ2n) is 3.75. The van der Waals surface area contributed by atoms with Crippen LogP contribution < -0.4 is 5.56 Å². The quantitative estimate of drug-likeness (QED) is 0.717. The highest BCUT2D eigenvalue weighted by Gasteiger charge is 2.07. The zero-order valence-corrected chi connectivity index (χ0v) is 9.19. The van der Waals surface area contributed by atoms with E-state index < -0.39 is 0 Å². The third kappa shape index (κ3) is 1.57. The van der Waals surface area contributed by atoms with E-state index in [1.54, 1.807) is 13.1 Å². The summed E-state index contributed by atoms with van der Waals surface area (Å²) in [6.07, 6.45) is 0.148. The molecule has 1 aromatic heterocycles. The SMILES string of the molecule is Cc1ccc2c(=O)n(C)c(CC#N)nc2c1. The number of aromatic nitrogens is 2. The van der Waals surface area contributed by atoms with Gasteiger partial charge < -0.3 is 0 Å². The molecule has 0 amide bonds. The average Bonchev–Trinajstić information content (AvgIpc) is 2.25. The molecule has 1 heterocycles. The summed E-state index contributed by atoms with van der Waals surface area (Å²) >= 11 is 0. The number of benzene rings is 1. The van der Waals surface area contributed by atoms with Crippen LogP contribution >= 0.6 is 0 Å². The van der Waals surface area contributed by atoms with Crippen LogP contribution in [0.4, 0.5) is 0 Å². The molecule has 0 saturated heterocycles. The van der Waals surface area contributed by atoms with Gasteiger partial charge in [-0.3, -0.25) is 9.36 Å². The summed E-state index contributed by atoms with van der Waals surface area (Å²) < 4.78 is 1.43. The first-order valence-corrected chi connectivity index (χ1v) is 4.96. The van der Waals surface area contributed by atoms with Crippen LogP contribution in [0.5, 0.6) is 0 Å². The van der Waals surface area contributed by atoms with Crippen molar-refractivity contribution in [3.8, 4) is 6.07 Å². The van der Waals surface area contributed by atoms with Crippen LogP contribution in [-0.2, 0) is 13.5 Å². The highest BCUT2D eigenvalue weighted by atomic mass is 16.1. The summed E-state index contributed by atoms with van der Waals surface area (Å²) in [5, 5.41) is 9.25. The number of rotatable bonds is 1. The maximum atomic E-state index is 11.9. The molecule has 16 heavy (non-hydrogen) atoms. The van der Waals surface area contributed by atoms with Crippen LogP contribution in [0, 0.1) is 18.3 Å². The zero-order valence-electron chi connectivity index (χ0n) is 9.19. The lowest BCUT2D eigenvalue weighted by molar-refractivity contribution is 0.772. The van der Waals surface area contributed by atoms with Gasteiger partial charge in [0, 0.05) is 7.05 Å². The minimum Gasteiger partial charge on any atom is -0.298 e. The number of hydrogen-bond acceptors (Lipinski definition) is 3. The van der Waals surface area contributed by atoms with Crippen LogP contribution in [0.25, 0.3) is 10.9 Å². The van der Waals surface area contributed by atoms with Crippen LogP contribution in [0.3, 0.4) is 0 Å². The van der Waals surface area contributed by atoms with Crippen molar-refractivity contribution in [1.29, 1.82) is 5.26 Å². The van der Waals surface area contributed by atoms with Gasteiger partial charge in [-0.2, -0.15) is 5.26 Å².